The molecule has 1 aromatic carbocycles. The molecule has 1 aliphatic carbocycles. The fourth-order valence-corrected chi connectivity index (χ4v) is 5.72. The lowest BCUT2D eigenvalue weighted by molar-refractivity contribution is -0.122. The topological polar surface area (TPSA) is 75.2 Å². The predicted octanol–water partition coefficient (Wildman–Crippen LogP) is 4.53. The van der Waals surface area contributed by atoms with Gasteiger partial charge in [0.2, 0.25) is 11.0 Å². The van der Waals surface area contributed by atoms with E-state index < -0.39 is 11.5 Å². The van der Waals surface area contributed by atoms with Crippen LogP contribution in [0.2, 0.25) is 0 Å². The lowest BCUT2D eigenvalue weighted by Crippen LogP contribution is -2.64. The van der Waals surface area contributed by atoms with Crippen LogP contribution < -0.4 is 5.32 Å². The van der Waals surface area contributed by atoms with Crippen molar-refractivity contribution in [3.8, 4) is 0 Å². The Bertz CT molecular complexity index is 919. The number of carbonyl (C=O) groups is 2. The van der Waals surface area contributed by atoms with E-state index in [1.54, 1.807) is 0 Å². The highest BCUT2D eigenvalue weighted by Crippen LogP contribution is 2.50. The smallest absolute Gasteiger partial charge is 0.254 e. The Balaban J connectivity index is 1.85. The van der Waals surface area contributed by atoms with Crippen molar-refractivity contribution >= 4 is 28.3 Å². The van der Waals surface area contributed by atoms with Crippen LogP contribution in [0.4, 0.5) is 5.13 Å². The Morgan fingerprint density at radius 3 is 2.66 bits per heavy atom. The van der Waals surface area contributed by atoms with Crippen molar-refractivity contribution in [3.63, 3.8) is 0 Å². The minimum atomic E-state index is -0.483. The fourth-order valence-electron chi connectivity index (χ4n) is 5.13. The van der Waals surface area contributed by atoms with Crippen LogP contribution in [0.1, 0.15) is 79.2 Å². The molecule has 4 rings (SSSR count). The summed E-state index contributed by atoms with van der Waals surface area (Å²) in [5, 5.41) is 12.4. The number of aryl methyl sites for hydroxylation is 1. The highest BCUT2D eigenvalue weighted by molar-refractivity contribution is 7.15. The maximum Gasteiger partial charge on any atom is 0.254 e. The SMILES string of the molecule is CC[C@@H](C)N1C(=O)c2ccccc2[C@H](C(=O)Nc2nnc(C)s2)C12CCCCC2. The van der Waals surface area contributed by atoms with Gasteiger partial charge in [0.05, 0.1) is 11.5 Å². The summed E-state index contributed by atoms with van der Waals surface area (Å²) in [6, 6.07) is 7.70. The molecule has 1 aromatic heterocycles. The van der Waals surface area contributed by atoms with Gasteiger partial charge in [0.15, 0.2) is 0 Å². The second-order valence-corrected chi connectivity index (χ2v) is 9.41. The van der Waals surface area contributed by atoms with Crippen molar-refractivity contribution in [1.82, 2.24) is 15.1 Å². The van der Waals surface area contributed by atoms with E-state index in [0.717, 1.165) is 49.1 Å². The molecule has 1 aliphatic heterocycles. The molecule has 7 heteroatoms. The largest absolute Gasteiger partial charge is 0.329 e. The Morgan fingerprint density at radius 2 is 2.00 bits per heavy atom. The van der Waals surface area contributed by atoms with Crippen LogP contribution in [-0.4, -0.2) is 38.5 Å². The summed E-state index contributed by atoms with van der Waals surface area (Å²) in [7, 11) is 0. The number of anilines is 1. The number of carbonyl (C=O) groups excluding carboxylic acids is 2. The number of nitrogens with zero attached hydrogens (tertiary/aromatic N) is 3. The summed E-state index contributed by atoms with van der Waals surface area (Å²) in [6.07, 6.45) is 5.78. The van der Waals surface area contributed by atoms with Crippen molar-refractivity contribution in [2.75, 3.05) is 5.32 Å². The van der Waals surface area contributed by atoms with E-state index in [9.17, 15) is 9.59 Å². The molecule has 2 amide bonds. The molecule has 1 saturated carbocycles. The maximum absolute atomic E-state index is 13.7. The molecule has 1 fully saturated rings. The third kappa shape index (κ3) is 3.35. The molecule has 2 aromatic rings. The minimum absolute atomic E-state index is 0.0626. The highest BCUT2D eigenvalue weighted by Gasteiger charge is 2.55. The number of hydrogen-bond donors (Lipinski definition) is 1. The van der Waals surface area contributed by atoms with Gasteiger partial charge in [-0.25, -0.2) is 0 Å². The zero-order chi connectivity index (χ0) is 20.6. The lowest BCUT2D eigenvalue weighted by Gasteiger charge is -2.55. The van der Waals surface area contributed by atoms with Crippen molar-refractivity contribution in [3.05, 3.63) is 40.4 Å². The van der Waals surface area contributed by atoms with E-state index >= 15 is 0 Å². The number of nitrogens with one attached hydrogen (secondary N) is 1. The third-order valence-corrected chi connectivity index (χ3v) is 7.26. The van der Waals surface area contributed by atoms with Crippen molar-refractivity contribution in [1.29, 1.82) is 0 Å². The zero-order valence-corrected chi connectivity index (χ0v) is 18.1. The molecule has 0 radical (unpaired) electrons. The van der Waals surface area contributed by atoms with E-state index in [4.69, 9.17) is 0 Å². The van der Waals surface area contributed by atoms with Gasteiger partial charge in [-0.2, -0.15) is 0 Å². The van der Waals surface area contributed by atoms with Crippen LogP contribution >= 0.6 is 11.3 Å². The maximum atomic E-state index is 13.7. The molecule has 154 valence electrons. The first-order chi connectivity index (χ1) is 14.0. The van der Waals surface area contributed by atoms with Gasteiger partial charge in [0, 0.05) is 11.6 Å². The van der Waals surface area contributed by atoms with E-state index in [0.29, 0.717) is 10.7 Å². The van der Waals surface area contributed by atoms with Gasteiger partial charge in [-0.05, 0) is 44.7 Å². The van der Waals surface area contributed by atoms with Crippen LogP contribution in [0.15, 0.2) is 24.3 Å². The summed E-state index contributed by atoms with van der Waals surface area (Å²) < 4.78 is 0. The van der Waals surface area contributed by atoms with Crippen LogP contribution in [0.3, 0.4) is 0 Å². The summed E-state index contributed by atoms with van der Waals surface area (Å²) in [5.41, 5.74) is 1.01. The summed E-state index contributed by atoms with van der Waals surface area (Å²) in [4.78, 5) is 29.3. The molecule has 2 aliphatic rings. The van der Waals surface area contributed by atoms with Gasteiger partial charge < -0.3 is 4.90 Å². The molecule has 0 unspecified atom stereocenters. The van der Waals surface area contributed by atoms with E-state index in [-0.39, 0.29) is 17.9 Å². The molecule has 6 nitrogen and oxygen atoms in total. The Hall–Kier alpha value is -2.28. The van der Waals surface area contributed by atoms with Gasteiger partial charge in [0.25, 0.3) is 5.91 Å². The molecule has 2 heterocycles. The molecular weight excluding hydrogens is 384 g/mol. The summed E-state index contributed by atoms with van der Waals surface area (Å²) in [5.74, 6) is -0.432. The van der Waals surface area contributed by atoms with Crippen molar-refractivity contribution in [2.24, 2.45) is 0 Å². The molecule has 1 spiro atoms. The van der Waals surface area contributed by atoms with Gasteiger partial charge in [0.1, 0.15) is 5.01 Å². The normalized spacial score (nSPS) is 21.7. The second-order valence-electron chi connectivity index (χ2n) is 8.23. The lowest BCUT2D eigenvalue weighted by atomic mass is 9.64. The molecule has 0 saturated heterocycles. The Morgan fingerprint density at radius 1 is 1.28 bits per heavy atom. The first-order valence-electron chi connectivity index (χ1n) is 10.5. The van der Waals surface area contributed by atoms with Crippen molar-refractivity contribution < 1.29 is 9.59 Å². The second kappa shape index (κ2) is 7.86. The van der Waals surface area contributed by atoms with Gasteiger partial charge in [-0.15, -0.1) is 10.2 Å². The molecule has 1 N–H and O–H groups in total. The fraction of sp³-hybridized carbons (Fsp3) is 0.545. The first kappa shape index (κ1) is 20.0. The third-order valence-electron chi connectivity index (χ3n) is 6.51. The van der Waals surface area contributed by atoms with E-state index in [1.807, 2.05) is 36.1 Å². The number of hydrogen-bond acceptors (Lipinski definition) is 5. The van der Waals surface area contributed by atoms with E-state index in [2.05, 4.69) is 29.4 Å². The van der Waals surface area contributed by atoms with Crippen LogP contribution in [0.5, 0.6) is 0 Å². The number of rotatable bonds is 4. The monoisotopic (exact) mass is 412 g/mol. The van der Waals surface area contributed by atoms with Gasteiger partial charge >= 0.3 is 0 Å². The Kier molecular flexibility index (Phi) is 5.42. The van der Waals surface area contributed by atoms with E-state index in [1.165, 1.54) is 11.3 Å². The standard InChI is InChI=1S/C22H28N4O2S/c1-4-14(2)26-20(28)17-11-7-6-10-16(17)18(22(26)12-8-5-9-13-22)19(27)23-21-25-24-15(3)29-21/h6-7,10-11,14,18H,4-5,8-9,12-13H2,1-3H3,(H,23,25,27)/t14-,18-/m1/s1. The van der Waals surface area contributed by atoms with Gasteiger partial charge in [-0.3, -0.25) is 14.9 Å². The molecule has 29 heavy (non-hydrogen) atoms. The average molecular weight is 413 g/mol. The van der Waals surface area contributed by atoms with Crippen LogP contribution in [-0.2, 0) is 4.79 Å². The molecule has 0 bridgehead atoms. The zero-order valence-electron chi connectivity index (χ0n) is 17.3. The van der Waals surface area contributed by atoms with Crippen LogP contribution in [0, 0.1) is 6.92 Å². The Labute approximate surface area is 175 Å². The number of amides is 2. The molecule has 2 atom stereocenters. The summed E-state index contributed by atoms with van der Waals surface area (Å²) in [6.45, 7) is 6.08. The average Bonchev–Trinajstić information content (AvgIpc) is 3.13. The quantitative estimate of drug-likeness (QED) is 0.801. The molecular formula is C22H28N4O2S. The van der Waals surface area contributed by atoms with Crippen LogP contribution in [0.25, 0.3) is 0 Å². The first-order valence-corrected chi connectivity index (χ1v) is 11.3. The number of aromatic nitrogens is 2. The number of fused-ring (bicyclic) bond motifs is 1. The summed E-state index contributed by atoms with van der Waals surface area (Å²) >= 11 is 1.37. The highest BCUT2D eigenvalue weighted by atomic mass is 32.1. The number of benzene rings is 1. The minimum Gasteiger partial charge on any atom is -0.329 e. The predicted molar refractivity (Wildman–Crippen MR) is 114 cm³/mol. The van der Waals surface area contributed by atoms with Gasteiger partial charge in [-0.1, -0.05) is 55.7 Å². The van der Waals surface area contributed by atoms with Crippen molar-refractivity contribution in [2.45, 2.75) is 76.8 Å².